The lowest BCUT2D eigenvalue weighted by atomic mass is 10.0. The SMILES string of the molecule is N#Cc1ccc(C2CC2)c(CNC(=O)c2ccc(OC(F)F)c(F)c2)c1. The van der Waals surface area contributed by atoms with E-state index in [1.165, 1.54) is 6.07 Å². The Morgan fingerprint density at radius 3 is 2.65 bits per heavy atom. The minimum atomic E-state index is -3.14. The lowest BCUT2D eigenvalue weighted by molar-refractivity contribution is -0.0521. The summed E-state index contributed by atoms with van der Waals surface area (Å²) in [4.78, 5) is 12.2. The number of alkyl halides is 2. The van der Waals surface area contributed by atoms with E-state index in [0.717, 1.165) is 36.1 Å². The van der Waals surface area contributed by atoms with Crippen LogP contribution in [0, 0.1) is 17.1 Å². The summed E-state index contributed by atoms with van der Waals surface area (Å²) in [7, 11) is 0. The summed E-state index contributed by atoms with van der Waals surface area (Å²) in [5.74, 6) is -1.76. The van der Waals surface area contributed by atoms with Gasteiger partial charge in [0.05, 0.1) is 11.6 Å². The van der Waals surface area contributed by atoms with Gasteiger partial charge in [-0.2, -0.15) is 14.0 Å². The molecule has 0 heterocycles. The predicted octanol–water partition coefficient (Wildman–Crippen LogP) is 4.11. The molecular weight excluding hydrogens is 345 g/mol. The highest BCUT2D eigenvalue weighted by atomic mass is 19.3. The molecule has 1 fully saturated rings. The average Bonchev–Trinajstić information content (AvgIpc) is 3.45. The number of rotatable bonds is 6. The molecule has 0 aromatic heterocycles. The van der Waals surface area contributed by atoms with Gasteiger partial charge in [-0.25, -0.2) is 4.39 Å². The Hall–Kier alpha value is -3.01. The van der Waals surface area contributed by atoms with E-state index in [2.05, 4.69) is 16.1 Å². The summed E-state index contributed by atoms with van der Waals surface area (Å²) in [6, 6.07) is 10.5. The van der Waals surface area contributed by atoms with Crippen molar-refractivity contribution in [2.75, 3.05) is 0 Å². The highest BCUT2D eigenvalue weighted by molar-refractivity contribution is 5.94. The number of carbonyl (C=O) groups is 1. The number of amides is 1. The number of nitrogens with zero attached hydrogens (tertiary/aromatic N) is 1. The van der Waals surface area contributed by atoms with E-state index < -0.39 is 24.1 Å². The number of nitrogens with one attached hydrogen (secondary N) is 1. The lowest BCUT2D eigenvalue weighted by Gasteiger charge is -2.11. The molecule has 2 aromatic carbocycles. The van der Waals surface area contributed by atoms with Gasteiger partial charge in [0.15, 0.2) is 11.6 Å². The first-order chi connectivity index (χ1) is 12.5. The van der Waals surface area contributed by atoms with Gasteiger partial charge in [-0.05, 0) is 60.2 Å². The molecule has 0 aliphatic heterocycles. The van der Waals surface area contributed by atoms with Crippen LogP contribution in [0.5, 0.6) is 5.75 Å². The van der Waals surface area contributed by atoms with E-state index in [1.807, 2.05) is 6.07 Å². The normalized spacial score (nSPS) is 13.3. The number of hydrogen-bond acceptors (Lipinski definition) is 3. The summed E-state index contributed by atoms with van der Waals surface area (Å²) < 4.78 is 42.0. The van der Waals surface area contributed by atoms with E-state index >= 15 is 0 Å². The first kappa shape index (κ1) is 17.8. The van der Waals surface area contributed by atoms with Gasteiger partial charge in [0, 0.05) is 12.1 Å². The number of halogens is 3. The van der Waals surface area contributed by atoms with Crippen molar-refractivity contribution in [1.29, 1.82) is 5.26 Å². The average molecular weight is 360 g/mol. The summed E-state index contributed by atoms with van der Waals surface area (Å²) in [5.41, 5.74) is 2.43. The second-order valence-corrected chi connectivity index (χ2v) is 6.01. The zero-order valence-electron chi connectivity index (χ0n) is 13.6. The molecule has 2 aromatic rings. The van der Waals surface area contributed by atoms with Crippen molar-refractivity contribution in [2.45, 2.75) is 31.9 Å². The third-order valence-corrected chi connectivity index (χ3v) is 4.14. The molecule has 0 saturated heterocycles. The molecule has 7 heteroatoms. The van der Waals surface area contributed by atoms with Crippen molar-refractivity contribution in [2.24, 2.45) is 0 Å². The van der Waals surface area contributed by atoms with Crippen molar-refractivity contribution < 1.29 is 22.7 Å². The fourth-order valence-electron chi connectivity index (χ4n) is 2.73. The molecule has 0 spiro atoms. The first-order valence-corrected chi connectivity index (χ1v) is 8.03. The van der Waals surface area contributed by atoms with Gasteiger partial charge in [-0.15, -0.1) is 0 Å². The van der Waals surface area contributed by atoms with E-state index in [-0.39, 0.29) is 12.1 Å². The Labute approximate surface area is 148 Å². The second kappa shape index (κ2) is 7.48. The van der Waals surface area contributed by atoms with Crippen molar-refractivity contribution >= 4 is 5.91 Å². The van der Waals surface area contributed by atoms with Crippen LogP contribution in [-0.2, 0) is 6.54 Å². The molecule has 1 aliphatic rings. The highest BCUT2D eigenvalue weighted by Gasteiger charge is 2.26. The molecule has 0 atom stereocenters. The lowest BCUT2D eigenvalue weighted by Crippen LogP contribution is -2.23. The van der Waals surface area contributed by atoms with Crippen molar-refractivity contribution in [3.05, 3.63) is 64.5 Å². The Bertz CT molecular complexity index is 874. The monoisotopic (exact) mass is 360 g/mol. The molecule has 3 rings (SSSR count). The standard InChI is InChI=1S/C19H15F3N2O2/c20-16-8-13(4-6-17(16)26-19(21)22)18(25)24-10-14-7-11(9-23)1-5-15(14)12-2-3-12/h1,4-8,12,19H,2-3,10H2,(H,24,25). The van der Waals surface area contributed by atoms with Crippen molar-refractivity contribution in [3.63, 3.8) is 0 Å². The minimum Gasteiger partial charge on any atom is -0.432 e. The number of ether oxygens (including phenoxy) is 1. The largest absolute Gasteiger partial charge is 0.432 e. The quantitative estimate of drug-likeness (QED) is 0.843. The van der Waals surface area contributed by atoms with Crippen LogP contribution in [0.25, 0.3) is 0 Å². The van der Waals surface area contributed by atoms with Gasteiger partial charge >= 0.3 is 6.61 Å². The number of benzene rings is 2. The van der Waals surface area contributed by atoms with Gasteiger partial charge < -0.3 is 10.1 Å². The van der Waals surface area contributed by atoms with Gasteiger partial charge in [0.25, 0.3) is 5.91 Å². The second-order valence-electron chi connectivity index (χ2n) is 6.01. The van der Waals surface area contributed by atoms with Crippen LogP contribution < -0.4 is 10.1 Å². The van der Waals surface area contributed by atoms with Crippen molar-refractivity contribution in [1.82, 2.24) is 5.32 Å². The zero-order chi connectivity index (χ0) is 18.7. The van der Waals surface area contributed by atoms with Gasteiger partial charge in [-0.3, -0.25) is 4.79 Å². The van der Waals surface area contributed by atoms with E-state index in [9.17, 15) is 18.0 Å². The fourth-order valence-corrected chi connectivity index (χ4v) is 2.73. The maximum absolute atomic E-state index is 13.7. The third-order valence-electron chi connectivity index (χ3n) is 4.14. The third kappa shape index (κ3) is 4.14. The molecule has 0 bridgehead atoms. The van der Waals surface area contributed by atoms with Crippen LogP contribution in [-0.4, -0.2) is 12.5 Å². The highest BCUT2D eigenvalue weighted by Crippen LogP contribution is 2.41. The predicted molar refractivity (Wildman–Crippen MR) is 87.3 cm³/mol. The fraction of sp³-hybridized carbons (Fsp3) is 0.263. The molecule has 1 saturated carbocycles. The van der Waals surface area contributed by atoms with Crippen LogP contribution in [0.15, 0.2) is 36.4 Å². The van der Waals surface area contributed by atoms with Crippen LogP contribution in [0.4, 0.5) is 13.2 Å². The molecule has 0 unspecified atom stereocenters. The van der Waals surface area contributed by atoms with Crippen LogP contribution >= 0.6 is 0 Å². The Morgan fingerprint density at radius 1 is 1.27 bits per heavy atom. The number of hydrogen-bond donors (Lipinski definition) is 1. The molecular formula is C19H15F3N2O2. The maximum Gasteiger partial charge on any atom is 0.387 e. The van der Waals surface area contributed by atoms with Crippen LogP contribution in [0.2, 0.25) is 0 Å². The molecule has 4 nitrogen and oxygen atoms in total. The molecule has 0 radical (unpaired) electrons. The topological polar surface area (TPSA) is 62.1 Å². The summed E-state index contributed by atoms with van der Waals surface area (Å²) >= 11 is 0. The summed E-state index contributed by atoms with van der Waals surface area (Å²) in [6.45, 7) is -2.95. The Morgan fingerprint density at radius 2 is 2.04 bits per heavy atom. The van der Waals surface area contributed by atoms with E-state index in [0.29, 0.717) is 11.5 Å². The molecule has 26 heavy (non-hydrogen) atoms. The van der Waals surface area contributed by atoms with Crippen molar-refractivity contribution in [3.8, 4) is 11.8 Å². The minimum absolute atomic E-state index is 0.00599. The first-order valence-electron chi connectivity index (χ1n) is 8.03. The van der Waals surface area contributed by atoms with Gasteiger partial charge in [0.2, 0.25) is 0 Å². The zero-order valence-corrected chi connectivity index (χ0v) is 13.6. The molecule has 1 aliphatic carbocycles. The van der Waals surface area contributed by atoms with E-state index in [4.69, 9.17) is 5.26 Å². The Kier molecular flexibility index (Phi) is 5.12. The molecule has 134 valence electrons. The number of nitriles is 1. The van der Waals surface area contributed by atoms with E-state index in [1.54, 1.807) is 12.1 Å². The van der Waals surface area contributed by atoms with Gasteiger partial charge in [-0.1, -0.05) is 6.07 Å². The molecule has 1 amide bonds. The summed E-state index contributed by atoms with van der Waals surface area (Å²) in [6.07, 6.45) is 2.15. The summed E-state index contributed by atoms with van der Waals surface area (Å²) in [5, 5.41) is 11.7. The smallest absolute Gasteiger partial charge is 0.387 e. The number of carbonyl (C=O) groups excluding carboxylic acids is 1. The maximum atomic E-state index is 13.7. The Balaban J connectivity index is 1.71. The molecule has 1 N–H and O–H groups in total. The van der Waals surface area contributed by atoms with Gasteiger partial charge in [0.1, 0.15) is 0 Å². The van der Waals surface area contributed by atoms with Crippen LogP contribution in [0.3, 0.4) is 0 Å². The van der Waals surface area contributed by atoms with Crippen LogP contribution in [0.1, 0.15) is 45.8 Å².